The van der Waals surface area contributed by atoms with E-state index in [2.05, 4.69) is 75.9 Å². The zero-order chi connectivity index (χ0) is 22.6. The van der Waals surface area contributed by atoms with Gasteiger partial charge in [0.15, 0.2) is 0 Å². The topological polar surface area (TPSA) is 9.23 Å². The van der Waals surface area contributed by atoms with Crippen molar-refractivity contribution in [2.45, 2.75) is 112 Å². The Labute approximate surface area is 198 Å². The summed E-state index contributed by atoms with van der Waals surface area (Å²) in [6, 6.07) is 10.5. The molecule has 0 N–H and O–H groups in total. The predicted molar refractivity (Wildman–Crippen MR) is 141 cm³/mol. The molecule has 0 saturated carbocycles. The number of benzene rings is 1. The Hall–Kier alpha value is -0.721. The zero-order valence-corrected chi connectivity index (χ0v) is 23.8. The molecule has 0 unspecified atom stereocenters. The molecule has 174 valence electrons. The predicted octanol–water partition coefficient (Wildman–Crippen LogP) is 9.10. The maximum absolute atomic E-state index is 6.09. The molecular formula is C29H48OSn. The van der Waals surface area contributed by atoms with Crippen LogP contribution in [0, 0.1) is 11.8 Å². The molecule has 0 heterocycles. The van der Waals surface area contributed by atoms with Crippen LogP contribution in [0.5, 0.6) is 0 Å². The minimum atomic E-state index is -2.50. The van der Waals surface area contributed by atoms with Crippen molar-refractivity contribution in [2.24, 2.45) is 0 Å². The van der Waals surface area contributed by atoms with E-state index >= 15 is 0 Å². The summed E-state index contributed by atoms with van der Waals surface area (Å²) in [6.45, 7) is 10.7. The van der Waals surface area contributed by atoms with Gasteiger partial charge in [-0.1, -0.05) is 0 Å². The van der Waals surface area contributed by atoms with Crippen molar-refractivity contribution in [3.8, 4) is 11.8 Å². The van der Waals surface area contributed by atoms with Crippen molar-refractivity contribution in [2.75, 3.05) is 6.61 Å². The number of allylic oxidation sites excluding steroid dienone is 1. The fourth-order valence-corrected chi connectivity index (χ4v) is 20.0. The zero-order valence-electron chi connectivity index (χ0n) is 21.0. The van der Waals surface area contributed by atoms with E-state index < -0.39 is 18.4 Å². The Morgan fingerprint density at radius 2 is 1.39 bits per heavy atom. The van der Waals surface area contributed by atoms with E-state index in [1.54, 1.807) is 3.59 Å². The number of rotatable bonds is 17. The Kier molecular flexibility index (Phi) is 17.2. The van der Waals surface area contributed by atoms with Gasteiger partial charge in [-0.15, -0.1) is 0 Å². The van der Waals surface area contributed by atoms with E-state index in [9.17, 15) is 0 Å². The van der Waals surface area contributed by atoms with Gasteiger partial charge in [0.25, 0.3) is 0 Å². The third kappa shape index (κ3) is 12.2. The second-order valence-electron chi connectivity index (χ2n) is 8.97. The summed E-state index contributed by atoms with van der Waals surface area (Å²) in [4.78, 5) is 0. The van der Waals surface area contributed by atoms with Gasteiger partial charge in [-0.2, -0.15) is 0 Å². The first-order valence-electron chi connectivity index (χ1n) is 13.0. The van der Waals surface area contributed by atoms with E-state index in [-0.39, 0.29) is 0 Å². The first-order chi connectivity index (χ1) is 15.2. The van der Waals surface area contributed by atoms with Crippen molar-refractivity contribution < 1.29 is 4.74 Å². The standard InChI is InChI=1S/C17H21O.3C4H9.Sn/c1-2-3-4-5-6-7-8-12-15-18-16-17-13-10-9-11-14-17;3*1-3-4-2;/h9-14H,2-5,15-16H2,1H3;3*1,3-4H2,2H3;. The monoisotopic (exact) mass is 532 g/mol. The van der Waals surface area contributed by atoms with Gasteiger partial charge in [-0.05, 0) is 0 Å². The van der Waals surface area contributed by atoms with Gasteiger partial charge in [0.05, 0.1) is 0 Å². The van der Waals surface area contributed by atoms with Crippen LogP contribution in [0.1, 0.15) is 97.5 Å². The molecule has 0 aliphatic carbocycles. The van der Waals surface area contributed by atoms with E-state index in [0.717, 1.165) is 6.42 Å². The number of ether oxygens (including phenoxy) is 1. The summed E-state index contributed by atoms with van der Waals surface area (Å²) in [6.07, 6.45) is 15.3. The van der Waals surface area contributed by atoms with Crippen LogP contribution >= 0.6 is 0 Å². The molecule has 2 heteroatoms. The van der Waals surface area contributed by atoms with Crippen LogP contribution in [0.15, 0.2) is 40.0 Å². The van der Waals surface area contributed by atoms with E-state index in [0.29, 0.717) is 13.2 Å². The van der Waals surface area contributed by atoms with Gasteiger partial charge < -0.3 is 0 Å². The molecule has 0 radical (unpaired) electrons. The molecule has 31 heavy (non-hydrogen) atoms. The Morgan fingerprint density at radius 1 is 0.806 bits per heavy atom. The van der Waals surface area contributed by atoms with Crippen LogP contribution in [0.25, 0.3) is 0 Å². The van der Waals surface area contributed by atoms with Crippen LogP contribution in [-0.2, 0) is 11.3 Å². The van der Waals surface area contributed by atoms with Crippen LogP contribution in [0.4, 0.5) is 0 Å². The van der Waals surface area contributed by atoms with Gasteiger partial charge in [0, 0.05) is 0 Å². The molecule has 1 aromatic rings. The van der Waals surface area contributed by atoms with Crippen molar-refractivity contribution in [1.29, 1.82) is 0 Å². The molecule has 0 atom stereocenters. The Bertz CT molecular complexity index is 616. The average Bonchev–Trinajstić information content (AvgIpc) is 2.81. The quantitative estimate of drug-likeness (QED) is 0.111. The third-order valence-corrected chi connectivity index (χ3v) is 21.7. The Morgan fingerprint density at radius 3 is 1.94 bits per heavy atom. The SMILES string of the molecule is CCCCCC#C/[C](=C/COCc1ccccc1)[Sn]([CH2]CCC)([CH2]CCC)[CH2]CCC. The fraction of sp³-hybridized carbons (Fsp3) is 0.655. The van der Waals surface area contributed by atoms with Crippen LogP contribution < -0.4 is 0 Å². The van der Waals surface area contributed by atoms with Crippen LogP contribution in [-0.4, -0.2) is 25.0 Å². The second kappa shape index (κ2) is 18.8. The van der Waals surface area contributed by atoms with Crippen molar-refractivity contribution in [3.63, 3.8) is 0 Å². The molecule has 0 bridgehead atoms. The van der Waals surface area contributed by atoms with Gasteiger partial charge in [-0.25, -0.2) is 0 Å². The summed E-state index contributed by atoms with van der Waals surface area (Å²) < 4.78 is 12.1. The molecule has 0 spiro atoms. The minimum absolute atomic E-state index is 0.690. The van der Waals surface area contributed by atoms with Gasteiger partial charge >= 0.3 is 199 Å². The van der Waals surface area contributed by atoms with Crippen molar-refractivity contribution in [1.82, 2.24) is 0 Å². The van der Waals surface area contributed by atoms with Crippen molar-refractivity contribution in [3.05, 3.63) is 45.6 Å². The number of unbranched alkanes of at least 4 members (excludes halogenated alkanes) is 6. The molecule has 1 rings (SSSR count). The Balaban J connectivity index is 3.05. The third-order valence-electron chi connectivity index (χ3n) is 6.24. The van der Waals surface area contributed by atoms with Gasteiger partial charge in [0.2, 0.25) is 0 Å². The molecule has 0 aliphatic heterocycles. The molecule has 0 aromatic heterocycles. The average molecular weight is 531 g/mol. The maximum atomic E-state index is 6.09. The van der Waals surface area contributed by atoms with E-state index in [1.165, 1.54) is 76.7 Å². The first kappa shape index (κ1) is 28.3. The molecule has 0 saturated heterocycles. The normalized spacial score (nSPS) is 11.9. The summed E-state index contributed by atoms with van der Waals surface area (Å²) in [5.74, 6) is 7.36. The van der Waals surface area contributed by atoms with Crippen LogP contribution in [0.2, 0.25) is 13.3 Å². The summed E-state index contributed by atoms with van der Waals surface area (Å²) in [5, 5.41) is 0. The molecule has 1 nitrogen and oxygen atoms in total. The molecule has 0 aliphatic rings. The van der Waals surface area contributed by atoms with E-state index in [1.807, 2.05) is 0 Å². The molecule has 1 aromatic carbocycles. The summed E-state index contributed by atoms with van der Waals surface area (Å²) in [7, 11) is 0. The fourth-order valence-electron chi connectivity index (χ4n) is 4.24. The van der Waals surface area contributed by atoms with Gasteiger partial charge in [-0.3, -0.25) is 0 Å². The number of hydrogen-bond donors (Lipinski definition) is 0. The van der Waals surface area contributed by atoms with Crippen molar-refractivity contribution >= 4 is 18.4 Å². The molecule has 0 fully saturated rings. The van der Waals surface area contributed by atoms with E-state index in [4.69, 9.17) is 4.74 Å². The van der Waals surface area contributed by atoms with Gasteiger partial charge in [0.1, 0.15) is 0 Å². The first-order valence-corrected chi connectivity index (χ1v) is 20.5. The second-order valence-corrected chi connectivity index (χ2v) is 22.1. The molecule has 0 amide bonds. The number of hydrogen-bond acceptors (Lipinski definition) is 1. The summed E-state index contributed by atoms with van der Waals surface area (Å²) >= 11 is -2.50. The summed E-state index contributed by atoms with van der Waals surface area (Å²) in [5.41, 5.74) is 1.25. The molecular weight excluding hydrogens is 483 g/mol. The van der Waals surface area contributed by atoms with Crippen LogP contribution in [0.3, 0.4) is 0 Å².